The predicted molar refractivity (Wildman–Crippen MR) is 45.8 cm³/mol. The molecule has 2 heteroatoms. The molecule has 1 nitrogen and oxygen atoms in total. The summed E-state index contributed by atoms with van der Waals surface area (Å²) in [6.07, 6.45) is 8.15. The van der Waals surface area contributed by atoms with Gasteiger partial charge in [-0.25, -0.2) is 0 Å². The average Bonchev–Trinajstić information content (AvgIpc) is 2.00. The van der Waals surface area contributed by atoms with Gasteiger partial charge in [0.2, 0.25) is 0 Å². The number of ether oxygens (including phenoxy) is 1. The molecule has 0 bridgehead atoms. The summed E-state index contributed by atoms with van der Waals surface area (Å²) >= 11 is 0. The Morgan fingerprint density at radius 2 is 1.00 bits per heavy atom. The van der Waals surface area contributed by atoms with Crippen molar-refractivity contribution < 1.29 is 4.74 Å². The molecular formula is C8H17ClO. The molecule has 1 heterocycles. The largest absolute Gasteiger partial charge is 0.381 e. The fraction of sp³-hybridized carbons (Fsp3) is 1.00. The minimum absolute atomic E-state index is 0. The summed E-state index contributed by atoms with van der Waals surface area (Å²) in [5.74, 6) is 0. The predicted octanol–water partition coefficient (Wildman–Crippen LogP) is 2.78. The van der Waals surface area contributed by atoms with Gasteiger partial charge in [0, 0.05) is 13.2 Å². The van der Waals surface area contributed by atoms with Crippen LogP contribution in [0, 0.1) is 0 Å². The molecule has 1 aliphatic rings. The second kappa shape index (κ2) is 7.36. The van der Waals surface area contributed by atoms with Gasteiger partial charge in [-0.05, 0) is 12.8 Å². The van der Waals surface area contributed by atoms with Crippen LogP contribution < -0.4 is 0 Å². The molecule has 0 radical (unpaired) electrons. The summed E-state index contributed by atoms with van der Waals surface area (Å²) in [4.78, 5) is 0. The first-order valence-electron chi connectivity index (χ1n) is 4.08. The highest BCUT2D eigenvalue weighted by atomic mass is 35.5. The highest BCUT2D eigenvalue weighted by molar-refractivity contribution is 5.85. The molecule has 1 fully saturated rings. The molecule has 0 saturated carbocycles. The zero-order valence-corrected chi connectivity index (χ0v) is 7.29. The van der Waals surface area contributed by atoms with E-state index in [-0.39, 0.29) is 12.4 Å². The summed E-state index contributed by atoms with van der Waals surface area (Å²) < 4.78 is 5.35. The van der Waals surface area contributed by atoms with Crippen LogP contribution in [-0.2, 0) is 4.74 Å². The molecule has 0 aromatic rings. The Hall–Kier alpha value is 0.250. The van der Waals surface area contributed by atoms with Crippen LogP contribution in [0.1, 0.15) is 38.5 Å². The van der Waals surface area contributed by atoms with E-state index in [1.807, 2.05) is 0 Å². The van der Waals surface area contributed by atoms with Crippen molar-refractivity contribution in [2.24, 2.45) is 0 Å². The lowest BCUT2D eigenvalue weighted by Crippen LogP contribution is -1.94. The van der Waals surface area contributed by atoms with Crippen LogP contribution in [-0.4, -0.2) is 13.2 Å². The lowest BCUT2D eigenvalue weighted by atomic mass is 10.1. The Morgan fingerprint density at radius 1 is 0.600 bits per heavy atom. The first-order chi connectivity index (χ1) is 4.50. The highest BCUT2D eigenvalue weighted by Gasteiger charge is 1.95. The maximum Gasteiger partial charge on any atom is 0.0466 e. The molecule has 62 valence electrons. The van der Waals surface area contributed by atoms with E-state index in [9.17, 15) is 0 Å². The molecule has 0 spiro atoms. The average molecular weight is 165 g/mol. The van der Waals surface area contributed by atoms with Crippen LogP contribution in [0.15, 0.2) is 0 Å². The lowest BCUT2D eigenvalue weighted by molar-refractivity contribution is 0.131. The van der Waals surface area contributed by atoms with E-state index < -0.39 is 0 Å². The summed E-state index contributed by atoms with van der Waals surface area (Å²) in [7, 11) is 0. The Balaban J connectivity index is 0.000000810. The van der Waals surface area contributed by atoms with Gasteiger partial charge in [0.1, 0.15) is 0 Å². The van der Waals surface area contributed by atoms with E-state index in [4.69, 9.17) is 4.74 Å². The van der Waals surface area contributed by atoms with Crippen LogP contribution in [0.3, 0.4) is 0 Å². The van der Waals surface area contributed by atoms with Gasteiger partial charge in [0.25, 0.3) is 0 Å². The maximum atomic E-state index is 5.35. The van der Waals surface area contributed by atoms with Crippen molar-refractivity contribution in [3.63, 3.8) is 0 Å². The van der Waals surface area contributed by atoms with Crippen molar-refractivity contribution in [1.29, 1.82) is 0 Å². The molecule has 1 rings (SSSR count). The fourth-order valence-electron chi connectivity index (χ4n) is 1.22. The second-order valence-corrected chi connectivity index (χ2v) is 2.73. The van der Waals surface area contributed by atoms with Crippen molar-refractivity contribution in [3.8, 4) is 0 Å². The Morgan fingerprint density at radius 3 is 1.50 bits per heavy atom. The first kappa shape index (κ1) is 10.2. The second-order valence-electron chi connectivity index (χ2n) is 2.73. The van der Waals surface area contributed by atoms with E-state index in [1.54, 1.807) is 0 Å². The summed E-state index contributed by atoms with van der Waals surface area (Å²) in [6.45, 7) is 2.00. The maximum absolute atomic E-state index is 5.35. The summed E-state index contributed by atoms with van der Waals surface area (Å²) in [5, 5.41) is 0. The van der Waals surface area contributed by atoms with Crippen LogP contribution >= 0.6 is 12.4 Å². The normalized spacial score (nSPS) is 21.6. The SMILES string of the molecule is C1CCCCOCCC1.Cl. The Labute approximate surface area is 69.6 Å². The molecule has 1 aliphatic heterocycles. The smallest absolute Gasteiger partial charge is 0.0466 e. The molecule has 0 aromatic carbocycles. The van der Waals surface area contributed by atoms with Crippen molar-refractivity contribution in [3.05, 3.63) is 0 Å². The van der Waals surface area contributed by atoms with E-state index in [2.05, 4.69) is 0 Å². The zero-order valence-electron chi connectivity index (χ0n) is 6.47. The number of hydrogen-bond acceptors (Lipinski definition) is 1. The molecule has 0 aromatic heterocycles. The van der Waals surface area contributed by atoms with Crippen LogP contribution in [0.4, 0.5) is 0 Å². The summed E-state index contributed by atoms with van der Waals surface area (Å²) in [5.41, 5.74) is 0. The molecule has 0 unspecified atom stereocenters. The molecule has 10 heavy (non-hydrogen) atoms. The molecule has 0 N–H and O–H groups in total. The zero-order chi connectivity index (χ0) is 6.36. The summed E-state index contributed by atoms with van der Waals surface area (Å²) in [6, 6.07) is 0. The monoisotopic (exact) mass is 164 g/mol. The minimum atomic E-state index is 0. The van der Waals surface area contributed by atoms with Crippen LogP contribution in [0.25, 0.3) is 0 Å². The topological polar surface area (TPSA) is 9.23 Å². The first-order valence-corrected chi connectivity index (χ1v) is 4.08. The van der Waals surface area contributed by atoms with Gasteiger partial charge < -0.3 is 4.74 Å². The quantitative estimate of drug-likeness (QED) is 0.535. The van der Waals surface area contributed by atoms with Crippen LogP contribution in [0.5, 0.6) is 0 Å². The van der Waals surface area contributed by atoms with E-state index in [0.717, 1.165) is 13.2 Å². The van der Waals surface area contributed by atoms with Gasteiger partial charge in [-0.2, -0.15) is 0 Å². The van der Waals surface area contributed by atoms with Crippen LogP contribution in [0.2, 0.25) is 0 Å². The third-order valence-electron chi connectivity index (χ3n) is 1.83. The van der Waals surface area contributed by atoms with Gasteiger partial charge in [-0.1, -0.05) is 25.7 Å². The fourth-order valence-corrected chi connectivity index (χ4v) is 1.22. The van der Waals surface area contributed by atoms with Crippen molar-refractivity contribution in [2.75, 3.05) is 13.2 Å². The lowest BCUT2D eigenvalue weighted by Gasteiger charge is -1.97. The molecule has 0 amide bonds. The van der Waals surface area contributed by atoms with Gasteiger partial charge in [0.15, 0.2) is 0 Å². The third kappa shape index (κ3) is 5.07. The molecule has 0 atom stereocenters. The minimum Gasteiger partial charge on any atom is -0.381 e. The Kier molecular flexibility index (Phi) is 7.54. The molecule has 0 aliphatic carbocycles. The third-order valence-corrected chi connectivity index (χ3v) is 1.83. The number of rotatable bonds is 0. The Bertz CT molecular complexity index is 37.7. The van der Waals surface area contributed by atoms with E-state index in [1.165, 1.54) is 38.5 Å². The molecular weight excluding hydrogens is 148 g/mol. The number of hydrogen-bond donors (Lipinski definition) is 0. The number of halogens is 1. The van der Waals surface area contributed by atoms with Crippen molar-refractivity contribution in [2.45, 2.75) is 38.5 Å². The highest BCUT2D eigenvalue weighted by Crippen LogP contribution is 2.08. The van der Waals surface area contributed by atoms with Crippen molar-refractivity contribution >= 4 is 12.4 Å². The van der Waals surface area contributed by atoms with Gasteiger partial charge in [-0.3, -0.25) is 0 Å². The van der Waals surface area contributed by atoms with Gasteiger partial charge in [-0.15, -0.1) is 12.4 Å². The standard InChI is InChI=1S/C8H16O.ClH/c1-2-4-6-8-9-7-5-3-1;/h1-8H2;1H. The molecule has 1 saturated heterocycles. The van der Waals surface area contributed by atoms with Gasteiger partial charge in [0.05, 0.1) is 0 Å². The van der Waals surface area contributed by atoms with E-state index >= 15 is 0 Å². The van der Waals surface area contributed by atoms with E-state index in [0.29, 0.717) is 0 Å². The van der Waals surface area contributed by atoms with Gasteiger partial charge >= 0.3 is 0 Å². The van der Waals surface area contributed by atoms with Crippen molar-refractivity contribution in [1.82, 2.24) is 0 Å².